The van der Waals surface area contributed by atoms with Gasteiger partial charge in [-0.05, 0) is 30.0 Å². The Morgan fingerprint density at radius 3 is 2.91 bits per heavy atom. The molecule has 0 bridgehead atoms. The molecule has 0 spiro atoms. The summed E-state index contributed by atoms with van der Waals surface area (Å²) in [4.78, 5) is 24.4. The van der Waals surface area contributed by atoms with Crippen LogP contribution in [0, 0.1) is 6.92 Å². The van der Waals surface area contributed by atoms with Gasteiger partial charge in [0.05, 0.1) is 6.42 Å². The lowest BCUT2D eigenvalue weighted by atomic mass is 10.1. The second-order valence-corrected chi connectivity index (χ2v) is 6.04. The number of esters is 1. The monoisotopic (exact) mass is 314 g/mol. The predicted octanol–water partition coefficient (Wildman–Crippen LogP) is 3.45. The molecule has 0 fully saturated rings. The fourth-order valence-corrected chi connectivity index (χ4v) is 2.91. The number of thiophene rings is 1. The number of benzene rings is 1. The van der Waals surface area contributed by atoms with Gasteiger partial charge in [-0.1, -0.05) is 18.2 Å². The summed E-state index contributed by atoms with van der Waals surface area (Å²) >= 11 is 1.51. The van der Waals surface area contributed by atoms with Gasteiger partial charge in [0.25, 0.3) is 0 Å². The molecule has 1 aromatic carbocycles. The average Bonchev–Trinajstić information content (AvgIpc) is 2.97. The maximum atomic E-state index is 11.8. The lowest BCUT2D eigenvalue weighted by Gasteiger charge is -2.07. The van der Waals surface area contributed by atoms with Crippen LogP contribution >= 0.6 is 11.3 Å². The summed E-state index contributed by atoms with van der Waals surface area (Å²) in [5, 5.41) is 2.70. The van der Waals surface area contributed by atoms with Crippen molar-refractivity contribution in [1.29, 1.82) is 0 Å². The van der Waals surface area contributed by atoms with E-state index in [4.69, 9.17) is 9.15 Å². The van der Waals surface area contributed by atoms with Crippen LogP contribution in [0.15, 0.2) is 51.0 Å². The molecule has 3 rings (SSSR count). The lowest BCUT2D eigenvalue weighted by molar-refractivity contribution is -0.144. The highest BCUT2D eigenvalue weighted by Crippen LogP contribution is 2.19. The van der Waals surface area contributed by atoms with Crippen LogP contribution in [0.1, 0.15) is 16.0 Å². The van der Waals surface area contributed by atoms with Gasteiger partial charge in [0.2, 0.25) is 0 Å². The topological polar surface area (TPSA) is 56.5 Å². The molecule has 2 heterocycles. The van der Waals surface area contributed by atoms with Crippen molar-refractivity contribution < 1.29 is 13.9 Å². The second-order valence-electron chi connectivity index (χ2n) is 5.01. The molecule has 0 radical (unpaired) electrons. The van der Waals surface area contributed by atoms with Crippen LogP contribution in [-0.4, -0.2) is 5.97 Å². The molecule has 0 saturated carbocycles. The van der Waals surface area contributed by atoms with Gasteiger partial charge < -0.3 is 9.15 Å². The van der Waals surface area contributed by atoms with Crippen molar-refractivity contribution in [3.8, 4) is 0 Å². The highest BCUT2D eigenvalue weighted by Gasteiger charge is 2.10. The van der Waals surface area contributed by atoms with Gasteiger partial charge >= 0.3 is 11.6 Å². The van der Waals surface area contributed by atoms with Crippen molar-refractivity contribution in [2.75, 3.05) is 0 Å². The predicted molar refractivity (Wildman–Crippen MR) is 85.0 cm³/mol. The van der Waals surface area contributed by atoms with E-state index in [1.165, 1.54) is 17.4 Å². The van der Waals surface area contributed by atoms with Crippen LogP contribution in [0.5, 0.6) is 0 Å². The van der Waals surface area contributed by atoms with Gasteiger partial charge in [-0.25, -0.2) is 4.79 Å². The number of carbonyl (C=O) groups excluding carboxylic acids is 1. The van der Waals surface area contributed by atoms with E-state index in [-0.39, 0.29) is 19.0 Å². The third-order valence-corrected chi connectivity index (χ3v) is 4.15. The van der Waals surface area contributed by atoms with Crippen molar-refractivity contribution >= 4 is 28.3 Å². The van der Waals surface area contributed by atoms with Gasteiger partial charge in [-0.2, -0.15) is 0 Å². The summed E-state index contributed by atoms with van der Waals surface area (Å²) in [5.74, 6) is -0.309. The standard InChI is InChI=1S/C17H14O4S/c1-11-4-5-14-12(8-17(19)21-15(14)7-11)10-20-16(18)9-13-3-2-6-22-13/h2-8H,9-10H2,1H3. The van der Waals surface area contributed by atoms with E-state index in [1.807, 2.05) is 36.6 Å². The zero-order chi connectivity index (χ0) is 15.5. The summed E-state index contributed by atoms with van der Waals surface area (Å²) in [6, 6.07) is 10.8. The summed E-state index contributed by atoms with van der Waals surface area (Å²) in [5.41, 5.74) is 1.73. The Kier molecular flexibility index (Phi) is 4.06. The Morgan fingerprint density at radius 2 is 2.14 bits per heavy atom. The van der Waals surface area contributed by atoms with Gasteiger partial charge in [0, 0.05) is 21.9 Å². The van der Waals surface area contributed by atoms with Crippen molar-refractivity contribution in [3.05, 3.63) is 68.2 Å². The number of ether oxygens (including phenoxy) is 1. The first-order valence-electron chi connectivity index (χ1n) is 6.83. The van der Waals surface area contributed by atoms with Crippen LogP contribution in [-0.2, 0) is 22.6 Å². The van der Waals surface area contributed by atoms with Crippen molar-refractivity contribution in [3.63, 3.8) is 0 Å². The van der Waals surface area contributed by atoms with Crippen LogP contribution in [0.25, 0.3) is 11.0 Å². The molecule has 0 aliphatic heterocycles. The normalized spacial score (nSPS) is 10.8. The molecular formula is C17H14O4S. The Morgan fingerprint density at radius 1 is 1.27 bits per heavy atom. The molecule has 0 saturated heterocycles. The molecule has 112 valence electrons. The van der Waals surface area contributed by atoms with Gasteiger partial charge in [0.1, 0.15) is 12.2 Å². The van der Waals surface area contributed by atoms with Crippen molar-refractivity contribution in [2.45, 2.75) is 20.0 Å². The largest absolute Gasteiger partial charge is 0.461 e. The molecule has 0 amide bonds. The molecule has 0 atom stereocenters. The molecule has 0 N–H and O–H groups in total. The Hall–Kier alpha value is -2.40. The number of hydrogen-bond acceptors (Lipinski definition) is 5. The first-order chi connectivity index (χ1) is 10.6. The Bertz CT molecular complexity index is 862. The number of aryl methyl sites for hydroxylation is 1. The maximum absolute atomic E-state index is 11.8. The molecule has 0 unspecified atom stereocenters. The summed E-state index contributed by atoms with van der Waals surface area (Å²) in [7, 11) is 0. The number of rotatable bonds is 4. The average molecular weight is 314 g/mol. The van der Waals surface area contributed by atoms with Crippen molar-refractivity contribution in [1.82, 2.24) is 0 Å². The summed E-state index contributed by atoms with van der Waals surface area (Å²) in [6.07, 6.45) is 0.246. The fourth-order valence-electron chi connectivity index (χ4n) is 2.22. The van der Waals surface area contributed by atoms with E-state index in [0.29, 0.717) is 11.1 Å². The van der Waals surface area contributed by atoms with E-state index < -0.39 is 5.63 Å². The molecule has 3 aromatic rings. The quantitative estimate of drug-likeness (QED) is 0.547. The highest BCUT2D eigenvalue weighted by atomic mass is 32.1. The Balaban J connectivity index is 1.79. The van der Waals surface area contributed by atoms with E-state index in [0.717, 1.165) is 15.8 Å². The molecule has 22 heavy (non-hydrogen) atoms. The van der Waals surface area contributed by atoms with Crippen LogP contribution in [0.4, 0.5) is 0 Å². The minimum Gasteiger partial charge on any atom is -0.461 e. The number of carbonyl (C=O) groups is 1. The van der Waals surface area contributed by atoms with E-state index in [2.05, 4.69) is 0 Å². The van der Waals surface area contributed by atoms with Crippen LogP contribution < -0.4 is 5.63 Å². The second kappa shape index (κ2) is 6.15. The summed E-state index contributed by atoms with van der Waals surface area (Å²) < 4.78 is 10.5. The molecular weight excluding hydrogens is 300 g/mol. The first kappa shape index (κ1) is 14.5. The van der Waals surface area contributed by atoms with Crippen LogP contribution in [0.2, 0.25) is 0 Å². The number of fused-ring (bicyclic) bond motifs is 1. The number of hydrogen-bond donors (Lipinski definition) is 0. The van der Waals surface area contributed by atoms with Gasteiger partial charge in [0.15, 0.2) is 0 Å². The minimum atomic E-state index is -0.442. The van der Waals surface area contributed by atoms with E-state index in [9.17, 15) is 9.59 Å². The SMILES string of the molecule is Cc1ccc2c(COC(=O)Cc3cccs3)cc(=O)oc2c1. The molecule has 2 aromatic heterocycles. The van der Waals surface area contributed by atoms with E-state index >= 15 is 0 Å². The lowest BCUT2D eigenvalue weighted by Crippen LogP contribution is -2.09. The first-order valence-corrected chi connectivity index (χ1v) is 7.71. The fraction of sp³-hybridized carbons (Fsp3) is 0.176. The molecule has 0 aliphatic carbocycles. The van der Waals surface area contributed by atoms with Gasteiger partial charge in [-0.15, -0.1) is 11.3 Å². The third-order valence-electron chi connectivity index (χ3n) is 3.27. The van der Waals surface area contributed by atoms with Gasteiger partial charge in [-0.3, -0.25) is 4.79 Å². The van der Waals surface area contributed by atoms with E-state index in [1.54, 1.807) is 6.07 Å². The highest BCUT2D eigenvalue weighted by molar-refractivity contribution is 7.10. The third kappa shape index (κ3) is 3.26. The maximum Gasteiger partial charge on any atom is 0.336 e. The van der Waals surface area contributed by atoms with Crippen molar-refractivity contribution in [2.24, 2.45) is 0 Å². The minimum absolute atomic E-state index is 0.0649. The Labute approximate surface area is 131 Å². The smallest absolute Gasteiger partial charge is 0.336 e. The van der Waals surface area contributed by atoms with Crippen LogP contribution in [0.3, 0.4) is 0 Å². The molecule has 0 aliphatic rings. The molecule has 4 nitrogen and oxygen atoms in total. The summed E-state index contributed by atoms with van der Waals surface area (Å²) in [6.45, 7) is 1.99. The zero-order valence-electron chi connectivity index (χ0n) is 12.0. The zero-order valence-corrected chi connectivity index (χ0v) is 12.8. The molecule has 5 heteroatoms.